The number of nitrogens with zero attached hydrogens (tertiary/aromatic N) is 2. The number of aromatic nitrogens is 1. The molecule has 0 fully saturated rings. The van der Waals surface area contributed by atoms with Crippen LogP contribution in [0, 0.1) is 6.92 Å². The third-order valence-corrected chi connectivity index (χ3v) is 3.39. The number of guanidine groups is 1. The van der Waals surface area contributed by atoms with Crippen molar-refractivity contribution in [1.82, 2.24) is 15.6 Å². The molecule has 0 saturated carbocycles. The van der Waals surface area contributed by atoms with E-state index in [-0.39, 0.29) is 0 Å². The minimum Gasteiger partial charge on any atom is -0.380 e. The molecule has 0 bridgehead atoms. The van der Waals surface area contributed by atoms with Gasteiger partial charge in [-0.15, -0.1) is 11.3 Å². The Hall–Kier alpha value is -1.14. The third kappa shape index (κ3) is 7.12. The van der Waals surface area contributed by atoms with E-state index in [0.29, 0.717) is 13.2 Å². The highest BCUT2D eigenvalue weighted by Gasteiger charge is 2.01. The molecule has 1 aromatic rings. The molecule has 0 aliphatic rings. The van der Waals surface area contributed by atoms with E-state index in [1.165, 1.54) is 11.3 Å². The largest absolute Gasteiger partial charge is 0.380 e. The van der Waals surface area contributed by atoms with Gasteiger partial charge in [0.05, 0.1) is 13.2 Å². The van der Waals surface area contributed by atoms with E-state index in [1.807, 2.05) is 6.20 Å². The zero-order valence-electron chi connectivity index (χ0n) is 12.0. The van der Waals surface area contributed by atoms with Crippen LogP contribution in [-0.4, -0.2) is 37.7 Å². The molecule has 5 nitrogen and oxygen atoms in total. The minimum absolute atomic E-state index is 0.703. The van der Waals surface area contributed by atoms with Gasteiger partial charge in [-0.2, -0.15) is 0 Å². The first-order chi connectivity index (χ1) is 9.26. The summed E-state index contributed by atoms with van der Waals surface area (Å²) in [5, 5.41) is 7.52. The van der Waals surface area contributed by atoms with E-state index >= 15 is 0 Å². The maximum atomic E-state index is 5.48. The van der Waals surface area contributed by atoms with Crippen LogP contribution in [0.4, 0.5) is 0 Å². The number of rotatable bonds is 8. The summed E-state index contributed by atoms with van der Waals surface area (Å²) < 4.78 is 5.48. The lowest BCUT2D eigenvalue weighted by molar-refractivity contribution is 0.136. The molecule has 19 heavy (non-hydrogen) atoms. The van der Waals surface area contributed by atoms with Crippen molar-refractivity contribution in [3.8, 4) is 0 Å². The van der Waals surface area contributed by atoms with Gasteiger partial charge in [0.15, 0.2) is 5.96 Å². The summed E-state index contributed by atoms with van der Waals surface area (Å²) in [4.78, 5) is 9.69. The summed E-state index contributed by atoms with van der Waals surface area (Å²) in [5.41, 5.74) is 0. The van der Waals surface area contributed by atoms with Crippen LogP contribution in [0.1, 0.15) is 29.7 Å². The Morgan fingerprint density at radius 1 is 1.42 bits per heavy atom. The van der Waals surface area contributed by atoms with Crippen molar-refractivity contribution < 1.29 is 4.74 Å². The number of aliphatic imine (C=N–C) groups is 1. The van der Waals surface area contributed by atoms with E-state index in [1.54, 1.807) is 18.4 Å². The predicted octanol–water partition coefficient (Wildman–Crippen LogP) is 1.93. The second-order valence-corrected chi connectivity index (χ2v) is 5.50. The fraction of sp³-hybridized carbons (Fsp3) is 0.692. The molecule has 2 N–H and O–H groups in total. The van der Waals surface area contributed by atoms with E-state index < -0.39 is 0 Å². The normalized spacial score (nSPS) is 11.6. The quantitative estimate of drug-likeness (QED) is 0.435. The highest BCUT2D eigenvalue weighted by molar-refractivity contribution is 7.11. The number of hydrogen-bond donors (Lipinski definition) is 2. The van der Waals surface area contributed by atoms with Gasteiger partial charge in [0.25, 0.3) is 0 Å². The monoisotopic (exact) mass is 284 g/mol. The molecule has 0 spiro atoms. The van der Waals surface area contributed by atoms with Crippen molar-refractivity contribution in [3.63, 3.8) is 0 Å². The summed E-state index contributed by atoms with van der Waals surface area (Å²) in [5.74, 6) is 0.784. The maximum Gasteiger partial charge on any atom is 0.191 e. The zero-order valence-corrected chi connectivity index (χ0v) is 12.8. The lowest BCUT2D eigenvalue weighted by atomic mass is 10.4. The molecule has 0 unspecified atom stereocenters. The van der Waals surface area contributed by atoms with Gasteiger partial charge in [-0.1, -0.05) is 13.3 Å². The minimum atomic E-state index is 0.703. The Balaban J connectivity index is 2.12. The van der Waals surface area contributed by atoms with Gasteiger partial charge < -0.3 is 15.4 Å². The van der Waals surface area contributed by atoms with E-state index in [0.717, 1.165) is 30.5 Å². The van der Waals surface area contributed by atoms with Crippen molar-refractivity contribution in [3.05, 3.63) is 16.1 Å². The Morgan fingerprint density at radius 3 is 2.89 bits per heavy atom. The van der Waals surface area contributed by atoms with Crippen LogP contribution in [0.2, 0.25) is 0 Å². The number of thiazole rings is 1. The van der Waals surface area contributed by atoms with Crippen LogP contribution in [0.5, 0.6) is 0 Å². The standard InChI is InChI=1S/C13H24N4OS/c1-4-5-7-18-8-6-15-13(14-3)17-10-12-16-9-11(2)19-12/h9H,4-8,10H2,1-3H3,(H2,14,15,17). The van der Waals surface area contributed by atoms with Crippen molar-refractivity contribution >= 4 is 17.3 Å². The molecule has 0 atom stereocenters. The molecule has 1 aromatic heterocycles. The molecule has 0 amide bonds. The van der Waals surface area contributed by atoms with Crippen LogP contribution in [0.25, 0.3) is 0 Å². The van der Waals surface area contributed by atoms with Gasteiger partial charge >= 0.3 is 0 Å². The summed E-state index contributed by atoms with van der Waals surface area (Å²) in [6.45, 7) is 7.23. The lowest BCUT2D eigenvalue weighted by Gasteiger charge is -2.10. The Bertz CT molecular complexity index is 378. The number of nitrogens with one attached hydrogen (secondary N) is 2. The number of ether oxygens (including phenoxy) is 1. The first-order valence-electron chi connectivity index (χ1n) is 6.69. The fourth-order valence-electron chi connectivity index (χ4n) is 1.45. The van der Waals surface area contributed by atoms with Crippen LogP contribution < -0.4 is 10.6 Å². The van der Waals surface area contributed by atoms with Gasteiger partial charge in [0, 0.05) is 31.3 Å². The summed E-state index contributed by atoms with van der Waals surface area (Å²) >= 11 is 1.70. The van der Waals surface area contributed by atoms with Crippen LogP contribution in [0.3, 0.4) is 0 Å². The molecule has 0 aliphatic carbocycles. The Labute approximate surface area is 119 Å². The van der Waals surface area contributed by atoms with Gasteiger partial charge in [-0.05, 0) is 13.3 Å². The van der Waals surface area contributed by atoms with E-state index in [2.05, 4.69) is 34.5 Å². The zero-order chi connectivity index (χ0) is 13.9. The SMILES string of the molecule is CCCCOCCNC(=NC)NCc1ncc(C)s1. The molecule has 0 aliphatic heterocycles. The van der Waals surface area contributed by atoms with Crippen LogP contribution in [0.15, 0.2) is 11.2 Å². The van der Waals surface area contributed by atoms with Gasteiger partial charge in [-0.3, -0.25) is 4.99 Å². The first kappa shape index (κ1) is 15.9. The molecule has 6 heteroatoms. The van der Waals surface area contributed by atoms with E-state index in [9.17, 15) is 0 Å². The van der Waals surface area contributed by atoms with Crippen LogP contribution >= 0.6 is 11.3 Å². The Kier molecular flexibility index (Phi) is 8.16. The summed E-state index contributed by atoms with van der Waals surface area (Å²) in [6, 6.07) is 0. The molecule has 1 rings (SSSR count). The smallest absolute Gasteiger partial charge is 0.191 e. The molecular formula is C13H24N4OS. The van der Waals surface area contributed by atoms with E-state index in [4.69, 9.17) is 4.74 Å². The lowest BCUT2D eigenvalue weighted by Crippen LogP contribution is -2.38. The molecule has 0 aromatic carbocycles. The van der Waals surface area contributed by atoms with Gasteiger partial charge in [0.2, 0.25) is 0 Å². The second-order valence-electron chi connectivity index (χ2n) is 4.18. The van der Waals surface area contributed by atoms with Crippen LogP contribution in [-0.2, 0) is 11.3 Å². The molecular weight excluding hydrogens is 260 g/mol. The summed E-state index contributed by atoms with van der Waals surface area (Å²) in [6.07, 6.45) is 4.18. The Morgan fingerprint density at radius 2 is 2.26 bits per heavy atom. The first-order valence-corrected chi connectivity index (χ1v) is 7.51. The van der Waals surface area contributed by atoms with Gasteiger partial charge in [-0.25, -0.2) is 4.98 Å². The number of unbranched alkanes of at least 4 members (excludes halogenated alkanes) is 1. The molecule has 0 radical (unpaired) electrons. The molecule has 1 heterocycles. The van der Waals surface area contributed by atoms with Gasteiger partial charge in [0.1, 0.15) is 5.01 Å². The third-order valence-electron chi connectivity index (χ3n) is 2.48. The average Bonchev–Trinajstić information content (AvgIpc) is 2.83. The average molecular weight is 284 g/mol. The van der Waals surface area contributed by atoms with Crippen molar-refractivity contribution in [1.29, 1.82) is 0 Å². The predicted molar refractivity (Wildman–Crippen MR) is 80.8 cm³/mol. The highest BCUT2D eigenvalue weighted by atomic mass is 32.1. The summed E-state index contributed by atoms with van der Waals surface area (Å²) in [7, 11) is 1.76. The van der Waals surface area contributed by atoms with Crippen molar-refractivity contribution in [2.45, 2.75) is 33.2 Å². The molecule has 108 valence electrons. The van der Waals surface area contributed by atoms with Crippen molar-refractivity contribution in [2.24, 2.45) is 4.99 Å². The van der Waals surface area contributed by atoms with Crippen molar-refractivity contribution in [2.75, 3.05) is 26.8 Å². The molecule has 0 saturated heterocycles. The second kappa shape index (κ2) is 9.75. The topological polar surface area (TPSA) is 58.5 Å². The maximum absolute atomic E-state index is 5.48. The fourth-order valence-corrected chi connectivity index (χ4v) is 2.18. The number of aryl methyl sites for hydroxylation is 1. The number of hydrogen-bond acceptors (Lipinski definition) is 4. The highest BCUT2D eigenvalue weighted by Crippen LogP contribution is 2.10.